The van der Waals surface area contributed by atoms with Crippen molar-refractivity contribution in [2.75, 3.05) is 7.11 Å². The number of hydrogen-bond donors (Lipinski definition) is 1. The molecule has 1 N–H and O–H groups in total. The molecule has 0 amide bonds. The smallest absolute Gasteiger partial charge is 0.161 e. The van der Waals surface area contributed by atoms with Crippen molar-refractivity contribution in [1.29, 1.82) is 0 Å². The summed E-state index contributed by atoms with van der Waals surface area (Å²) in [4.78, 5) is 4.02. The van der Waals surface area contributed by atoms with E-state index in [-0.39, 0.29) is 0 Å². The first-order valence-electron chi connectivity index (χ1n) is 10.2. The molecule has 6 nitrogen and oxygen atoms in total. The summed E-state index contributed by atoms with van der Waals surface area (Å²) in [7, 11) is 1.66. The van der Waals surface area contributed by atoms with Crippen LogP contribution in [-0.2, 0) is 26.2 Å². The summed E-state index contributed by atoms with van der Waals surface area (Å²) in [5, 5.41) is 7.74. The highest BCUT2D eigenvalue weighted by Gasteiger charge is 2.07. The average molecular weight is 415 g/mol. The maximum absolute atomic E-state index is 5.91. The van der Waals surface area contributed by atoms with Gasteiger partial charge in [0.2, 0.25) is 0 Å². The van der Waals surface area contributed by atoms with Crippen molar-refractivity contribution in [1.82, 2.24) is 20.1 Å². The Morgan fingerprint density at radius 1 is 0.806 bits per heavy atom. The highest BCUT2D eigenvalue weighted by molar-refractivity contribution is 5.43. The van der Waals surface area contributed by atoms with Crippen LogP contribution in [0, 0.1) is 0 Å². The maximum atomic E-state index is 5.91. The van der Waals surface area contributed by atoms with Crippen molar-refractivity contribution in [3.8, 4) is 11.5 Å². The number of hydrogen-bond acceptors (Lipinski definition) is 5. The van der Waals surface area contributed by atoms with Gasteiger partial charge in [-0.3, -0.25) is 9.67 Å². The van der Waals surface area contributed by atoms with Gasteiger partial charge in [0, 0.05) is 37.9 Å². The van der Waals surface area contributed by atoms with Crippen molar-refractivity contribution in [2.45, 2.75) is 26.2 Å². The van der Waals surface area contributed by atoms with Crippen LogP contribution in [0.25, 0.3) is 0 Å². The standard InChI is InChI=1S/C25H26N4O2/c1-30-25-15-23(7-8-24(25)31-19-22-9-12-26-13-10-22)17-27-16-20-3-5-21(6-4-20)18-29-14-2-11-28-29/h2-15,27H,16-19H2,1H3. The molecular weight excluding hydrogens is 388 g/mol. The van der Waals surface area contributed by atoms with Gasteiger partial charge < -0.3 is 14.8 Å². The van der Waals surface area contributed by atoms with Gasteiger partial charge in [0.05, 0.1) is 13.7 Å². The van der Waals surface area contributed by atoms with Gasteiger partial charge in [-0.15, -0.1) is 0 Å². The van der Waals surface area contributed by atoms with Gasteiger partial charge in [-0.25, -0.2) is 0 Å². The van der Waals surface area contributed by atoms with Crippen LogP contribution in [0.4, 0.5) is 0 Å². The molecule has 0 aliphatic rings. The molecule has 0 aliphatic carbocycles. The van der Waals surface area contributed by atoms with Crippen LogP contribution >= 0.6 is 0 Å². The highest BCUT2D eigenvalue weighted by Crippen LogP contribution is 2.28. The Morgan fingerprint density at radius 3 is 2.29 bits per heavy atom. The monoisotopic (exact) mass is 414 g/mol. The topological polar surface area (TPSA) is 61.2 Å². The van der Waals surface area contributed by atoms with Gasteiger partial charge in [0.25, 0.3) is 0 Å². The summed E-state index contributed by atoms with van der Waals surface area (Å²) < 4.78 is 13.4. The molecule has 0 radical (unpaired) electrons. The van der Waals surface area contributed by atoms with E-state index in [0.29, 0.717) is 6.61 Å². The molecule has 0 aliphatic heterocycles. The Balaban J connectivity index is 1.28. The van der Waals surface area contributed by atoms with E-state index in [9.17, 15) is 0 Å². The minimum atomic E-state index is 0.479. The lowest BCUT2D eigenvalue weighted by atomic mass is 10.1. The van der Waals surface area contributed by atoms with Crippen LogP contribution in [0.3, 0.4) is 0 Å². The van der Waals surface area contributed by atoms with Gasteiger partial charge in [0.15, 0.2) is 11.5 Å². The summed E-state index contributed by atoms with van der Waals surface area (Å²) >= 11 is 0. The van der Waals surface area contributed by atoms with Gasteiger partial charge in [-0.2, -0.15) is 5.10 Å². The van der Waals surface area contributed by atoms with E-state index in [4.69, 9.17) is 9.47 Å². The minimum Gasteiger partial charge on any atom is -0.493 e. The van der Waals surface area contributed by atoms with Gasteiger partial charge >= 0.3 is 0 Å². The summed E-state index contributed by atoms with van der Waals surface area (Å²) in [5.74, 6) is 1.46. The summed E-state index contributed by atoms with van der Waals surface area (Å²) in [6, 6.07) is 20.5. The zero-order valence-corrected chi connectivity index (χ0v) is 17.6. The normalized spacial score (nSPS) is 10.7. The Morgan fingerprint density at radius 2 is 1.55 bits per heavy atom. The molecular formula is C25H26N4O2. The van der Waals surface area contributed by atoms with E-state index in [0.717, 1.165) is 42.3 Å². The molecule has 158 valence electrons. The SMILES string of the molecule is COc1cc(CNCc2ccc(Cn3cccn3)cc2)ccc1OCc1ccncc1. The molecule has 2 aromatic heterocycles. The van der Waals surface area contributed by atoms with Crippen LogP contribution < -0.4 is 14.8 Å². The van der Waals surface area contributed by atoms with E-state index in [1.807, 2.05) is 41.2 Å². The zero-order valence-electron chi connectivity index (χ0n) is 17.6. The largest absolute Gasteiger partial charge is 0.493 e. The second-order valence-corrected chi connectivity index (χ2v) is 7.25. The third-order valence-corrected chi connectivity index (χ3v) is 4.96. The molecule has 0 saturated heterocycles. The Hall–Kier alpha value is -3.64. The van der Waals surface area contributed by atoms with Gasteiger partial charge in [-0.05, 0) is 52.6 Å². The lowest BCUT2D eigenvalue weighted by Crippen LogP contribution is -2.13. The summed E-state index contributed by atoms with van der Waals surface area (Å²) in [6.45, 7) is 2.81. The highest BCUT2D eigenvalue weighted by atomic mass is 16.5. The fraction of sp³-hybridized carbons (Fsp3) is 0.200. The number of rotatable bonds is 10. The van der Waals surface area contributed by atoms with Crippen molar-refractivity contribution >= 4 is 0 Å². The first-order valence-corrected chi connectivity index (χ1v) is 10.2. The molecule has 0 unspecified atom stereocenters. The first-order chi connectivity index (χ1) is 15.3. The van der Waals surface area contributed by atoms with Crippen molar-refractivity contribution in [2.24, 2.45) is 0 Å². The van der Waals surface area contributed by atoms with E-state index in [2.05, 4.69) is 45.7 Å². The third kappa shape index (κ3) is 5.93. The second-order valence-electron chi connectivity index (χ2n) is 7.25. The predicted molar refractivity (Wildman–Crippen MR) is 120 cm³/mol. The quantitative estimate of drug-likeness (QED) is 0.421. The lowest BCUT2D eigenvalue weighted by Gasteiger charge is -2.13. The van der Waals surface area contributed by atoms with Crippen molar-refractivity contribution < 1.29 is 9.47 Å². The minimum absolute atomic E-state index is 0.479. The van der Waals surface area contributed by atoms with E-state index in [1.165, 1.54) is 11.1 Å². The molecule has 0 bridgehead atoms. The molecule has 0 atom stereocenters. The first kappa shape index (κ1) is 20.6. The van der Waals surface area contributed by atoms with Crippen LogP contribution in [0.1, 0.15) is 22.3 Å². The number of benzene rings is 2. The van der Waals surface area contributed by atoms with E-state index in [1.54, 1.807) is 25.7 Å². The molecule has 0 spiro atoms. The molecule has 0 saturated carbocycles. The maximum Gasteiger partial charge on any atom is 0.161 e. The summed E-state index contributed by atoms with van der Waals surface area (Å²) in [5.41, 5.74) is 4.69. The lowest BCUT2D eigenvalue weighted by molar-refractivity contribution is 0.284. The Kier molecular flexibility index (Phi) is 6.92. The molecule has 0 fully saturated rings. The number of nitrogens with zero attached hydrogens (tertiary/aromatic N) is 3. The van der Waals surface area contributed by atoms with Crippen molar-refractivity contribution in [3.05, 3.63) is 108 Å². The third-order valence-electron chi connectivity index (χ3n) is 4.96. The fourth-order valence-electron chi connectivity index (χ4n) is 3.28. The number of methoxy groups -OCH3 is 1. The number of nitrogens with one attached hydrogen (secondary N) is 1. The Labute approximate surface area is 182 Å². The molecule has 31 heavy (non-hydrogen) atoms. The molecule has 4 aromatic rings. The number of ether oxygens (including phenoxy) is 2. The molecule has 2 aromatic carbocycles. The van der Waals surface area contributed by atoms with E-state index >= 15 is 0 Å². The van der Waals surface area contributed by atoms with Crippen LogP contribution in [0.15, 0.2) is 85.5 Å². The second kappa shape index (κ2) is 10.4. The predicted octanol–water partition coefficient (Wildman–Crippen LogP) is 4.20. The Bertz CT molecular complexity index is 1060. The van der Waals surface area contributed by atoms with Gasteiger partial charge in [0.1, 0.15) is 6.61 Å². The fourth-order valence-corrected chi connectivity index (χ4v) is 3.28. The molecule has 6 heteroatoms. The number of pyridine rings is 1. The number of aromatic nitrogens is 3. The van der Waals surface area contributed by atoms with Crippen LogP contribution in [0.5, 0.6) is 11.5 Å². The summed E-state index contributed by atoms with van der Waals surface area (Å²) in [6.07, 6.45) is 7.29. The van der Waals surface area contributed by atoms with Gasteiger partial charge in [-0.1, -0.05) is 30.3 Å². The average Bonchev–Trinajstić information content (AvgIpc) is 3.33. The zero-order chi connectivity index (χ0) is 21.3. The van der Waals surface area contributed by atoms with E-state index < -0.39 is 0 Å². The molecule has 4 rings (SSSR count). The van der Waals surface area contributed by atoms with Crippen LogP contribution in [0.2, 0.25) is 0 Å². The van der Waals surface area contributed by atoms with Crippen molar-refractivity contribution in [3.63, 3.8) is 0 Å². The molecule has 2 heterocycles. The van der Waals surface area contributed by atoms with Crippen LogP contribution in [-0.4, -0.2) is 21.9 Å².